The van der Waals surface area contributed by atoms with E-state index < -0.39 is 11.8 Å². The first-order chi connectivity index (χ1) is 9.99. The Morgan fingerprint density at radius 2 is 1.62 bits per heavy atom. The Balaban J connectivity index is 2.06. The first-order valence-corrected chi connectivity index (χ1v) is 6.51. The lowest BCUT2D eigenvalue weighted by molar-refractivity contribution is 0.0844. The van der Waals surface area contributed by atoms with Gasteiger partial charge in [0, 0.05) is 10.6 Å². The molecular formula is C15H13ClN2O3. The maximum atomic E-state index is 11.9. The van der Waals surface area contributed by atoms with Crippen LogP contribution >= 0.6 is 11.6 Å². The molecule has 0 atom stereocenters. The second-order valence-electron chi connectivity index (χ2n) is 4.38. The highest BCUT2D eigenvalue weighted by Gasteiger charge is 2.14. The molecule has 0 spiro atoms. The van der Waals surface area contributed by atoms with Crippen LogP contribution in [0, 0.1) is 6.92 Å². The smallest absolute Gasteiger partial charge is 0.273 e. The van der Waals surface area contributed by atoms with E-state index in [1.165, 1.54) is 18.2 Å². The van der Waals surface area contributed by atoms with Gasteiger partial charge >= 0.3 is 0 Å². The minimum Gasteiger partial charge on any atom is -0.507 e. The van der Waals surface area contributed by atoms with Crippen molar-refractivity contribution in [1.29, 1.82) is 0 Å². The molecule has 2 aromatic rings. The molecule has 2 aromatic carbocycles. The fourth-order valence-electron chi connectivity index (χ4n) is 1.77. The van der Waals surface area contributed by atoms with Gasteiger partial charge in [0.15, 0.2) is 0 Å². The average Bonchev–Trinajstić information content (AvgIpc) is 2.47. The Bertz CT molecular complexity index is 701. The predicted octanol–water partition coefficient (Wildman–Crippen LogP) is 2.43. The third-order valence-corrected chi connectivity index (χ3v) is 3.12. The van der Waals surface area contributed by atoms with Gasteiger partial charge in [0.2, 0.25) is 0 Å². The van der Waals surface area contributed by atoms with Crippen molar-refractivity contribution in [3.05, 3.63) is 64.2 Å². The summed E-state index contributed by atoms with van der Waals surface area (Å²) in [5, 5.41) is 9.91. The van der Waals surface area contributed by atoms with Gasteiger partial charge in [-0.25, -0.2) is 0 Å². The predicted molar refractivity (Wildman–Crippen MR) is 79.2 cm³/mol. The number of phenolic OH excluding ortho intramolecular Hbond substituents is 1. The van der Waals surface area contributed by atoms with E-state index in [0.29, 0.717) is 10.6 Å². The molecule has 0 aliphatic carbocycles. The second-order valence-corrected chi connectivity index (χ2v) is 4.82. The summed E-state index contributed by atoms with van der Waals surface area (Å²) < 4.78 is 0. The first kappa shape index (κ1) is 14.9. The van der Waals surface area contributed by atoms with E-state index in [1.54, 1.807) is 25.1 Å². The molecule has 2 amide bonds. The van der Waals surface area contributed by atoms with Crippen molar-refractivity contribution in [2.75, 3.05) is 0 Å². The maximum absolute atomic E-state index is 11.9. The van der Waals surface area contributed by atoms with Crippen LogP contribution in [0.1, 0.15) is 26.3 Å². The van der Waals surface area contributed by atoms with Crippen molar-refractivity contribution in [3.8, 4) is 5.75 Å². The zero-order chi connectivity index (χ0) is 15.4. The number of hydrazine groups is 1. The topological polar surface area (TPSA) is 78.4 Å². The van der Waals surface area contributed by atoms with E-state index >= 15 is 0 Å². The number of phenols is 1. The van der Waals surface area contributed by atoms with Crippen molar-refractivity contribution in [1.82, 2.24) is 10.9 Å². The van der Waals surface area contributed by atoms with Crippen LogP contribution in [0.15, 0.2) is 42.5 Å². The van der Waals surface area contributed by atoms with Crippen LogP contribution in [0.5, 0.6) is 5.75 Å². The number of rotatable bonds is 2. The molecule has 0 aliphatic heterocycles. The van der Waals surface area contributed by atoms with E-state index in [4.69, 9.17) is 11.6 Å². The van der Waals surface area contributed by atoms with Crippen LogP contribution in [0.4, 0.5) is 0 Å². The second kappa shape index (κ2) is 6.28. The molecule has 0 saturated heterocycles. The van der Waals surface area contributed by atoms with Crippen LogP contribution in [-0.4, -0.2) is 16.9 Å². The molecule has 2 rings (SSSR count). The Morgan fingerprint density at radius 1 is 1.00 bits per heavy atom. The zero-order valence-electron chi connectivity index (χ0n) is 11.2. The van der Waals surface area contributed by atoms with Crippen LogP contribution < -0.4 is 10.9 Å². The minimum absolute atomic E-state index is 0.0208. The summed E-state index contributed by atoms with van der Waals surface area (Å²) in [7, 11) is 0. The zero-order valence-corrected chi connectivity index (χ0v) is 11.9. The molecule has 0 aromatic heterocycles. The number of amides is 2. The van der Waals surface area contributed by atoms with Gasteiger partial charge in [-0.3, -0.25) is 20.4 Å². The first-order valence-electron chi connectivity index (χ1n) is 6.14. The lowest BCUT2D eigenvalue weighted by Gasteiger charge is -2.10. The van der Waals surface area contributed by atoms with Crippen molar-refractivity contribution in [2.45, 2.75) is 6.92 Å². The number of benzene rings is 2. The summed E-state index contributed by atoms with van der Waals surface area (Å²) in [6.45, 7) is 1.79. The molecule has 0 radical (unpaired) electrons. The molecule has 0 unspecified atom stereocenters. The number of hydrogen-bond acceptors (Lipinski definition) is 3. The van der Waals surface area contributed by atoms with Crippen molar-refractivity contribution < 1.29 is 14.7 Å². The molecule has 108 valence electrons. The molecule has 0 heterocycles. The normalized spacial score (nSPS) is 10.0. The Labute approximate surface area is 126 Å². The van der Waals surface area contributed by atoms with Crippen molar-refractivity contribution in [3.63, 3.8) is 0 Å². The third-order valence-electron chi connectivity index (χ3n) is 2.88. The van der Waals surface area contributed by atoms with Gasteiger partial charge in [0.1, 0.15) is 5.75 Å². The van der Waals surface area contributed by atoms with E-state index in [-0.39, 0.29) is 11.3 Å². The summed E-state index contributed by atoms with van der Waals surface area (Å²) in [5.41, 5.74) is 5.75. The van der Waals surface area contributed by atoms with Crippen LogP contribution in [0.3, 0.4) is 0 Å². The lowest BCUT2D eigenvalue weighted by atomic mass is 10.1. The summed E-state index contributed by atoms with van der Waals surface area (Å²) >= 11 is 5.76. The molecular weight excluding hydrogens is 292 g/mol. The number of carbonyl (C=O) groups excluding carboxylic acids is 2. The Kier molecular flexibility index (Phi) is 4.45. The van der Waals surface area contributed by atoms with Gasteiger partial charge in [-0.15, -0.1) is 0 Å². The SMILES string of the molecule is Cc1ccccc1C(=O)NNC(=O)c1cc(Cl)ccc1O. The fourth-order valence-corrected chi connectivity index (χ4v) is 1.94. The standard InChI is InChI=1S/C15H13ClN2O3/c1-9-4-2-3-5-11(9)14(20)17-18-15(21)12-8-10(16)6-7-13(12)19/h2-8,19H,1H3,(H,17,20)(H,18,21). The molecule has 0 fully saturated rings. The average molecular weight is 305 g/mol. The number of aryl methyl sites for hydroxylation is 1. The Morgan fingerprint density at radius 3 is 2.29 bits per heavy atom. The van der Waals surface area contributed by atoms with Gasteiger partial charge in [0.25, 0.3) is 11.8 Å². The molecule has 5 nitrogen and oxygen atoms in total. The van der Waals surface area contributed by atoms with Gasteiger partial charge in [-0.1, -0.05) is 29.8 Å². The number of hydrogen-bond donors (Lipinski definition) is 3. The largest absolute Gasteiger partial charge is 0.507 e. The van der Waals surface area contributed by atoms with Gasteiger partial charge in [-0.05, 0) is 36.8 Å². The van der Waals surface area contributed by atoms with Crippen LogP contribution in [-0.2, 0) is 0 Å². The molecule has 0 saturated carbocycles. The Hall–Kier alpha value is -2.53. The number of halogens is 1. The van der Waals surface area contributed by atoms with Crippen LogP contribution in [0.25, 0.3) is 0 Å². The quantitative estimate of drug-likeness (QED) is 0.746. The highest BCUT2D eigenvalue weighted by molar-refractivity contribution is 6.31. The van der Waals surface area contributed by atoms with E-state index in [9.17, 15) is 14.7 Å². The van der Waals surface area contributed by atoms with Crippen molar-refractivity contribution in [2.24, 2.45) is 0 Å². The third kappa shape index (κ3) is 3.52. The maximum Gasteiger partial charge on any atom is 0.273 e. The molecule has 0 bridgehead atoms. The minimum atomic E-state index is -0.656. The summed E-state index contributed by atoms with van der Waals surface area (Å²) in [6.07, 6.45) is 0. The summed E-state index contributed by atoms with van der Waals surface area (Å²) in [4.78, 5) is 23.8. The highest BCUT2D eigenvalue weighted by atomic mass is 35.5. The fraction of sp³-hybridized carbons (Fsp3) is 0.0667. The molecule has 6 heteroatoms. The molecule has 21 heavy (non-hydrogen) atoms. The van der Waals surface area contributed by atoms with E-state index in [2.05, 4.69) is 10.9 Å². The number of aromatic hydroxyl groups is 1. The monoisotopic (exact) mass is 304 g/mol. The number of carbonyl (C=O) groups is 2. The summed E-state index contributed by atoms with van der Waals surface area (Å²) in [5.74, 6) is -1.32. The van der Waals surface area contributed by atoms with Gasteiger partial charge < -0.3 is 5.11 Å². The van der Waals surface area contributed by atoms with E-state index in [0.717, 1.165) is 5.56 Å². The van der Waals surface area contributed by atoms with E-state index in [1.807, 2.05) is 6.07 Å². The number of nitrogens with one attached hydrogen (secondary N) is 2. The van der Waals surface area contributed by atoms with Crippen molar-refractivity contribution >= 4 is 23.4 Å². The van der Waals surface area contributed by atoms with Gasteiger partial charge in [-0.2, -0.15) is 0 Å². The highest BCUT2D eigenvalue weighted by Crippen LogP contribution is 2.21. The lowest BCUT2D eigenvalue weighted by Crippen LogP contribution is -2.41. The molecule has 0 aliphatic rings. The van der Waals surface area contributed by atoms with Gasteiger partial charge in [0.05, 0.1) is 5.56 Å². The summed E-state index contributed by atoms with van der Waals surface area (Å²) in [6, 6.07) is 11.1. The van der Waals surface area contributed by atoms with Crippen LogP contribution in [0.2, 0.25) is 5.02 Å². The molecule has 3 N–H and O–H groups in total.